The summed E-state index contributed by atoms with van der Waals surface area (Å²) >= 11 is 0. The molecule has 0 N–H and O–H groups in total. The number of anilines is 6. The van der Waals surface area contributed by atoms with Crippen molar-refractivity contribution in [3.05, 3.63) is 289 Å². The molecule has 2 nitrogen and oxygen atoms in total. The summed E-state index contributed by atoms with van der Waals surface area (Å²) in [6.07, 6.45) is 0. The molecule has 12 rings (SSSR count). The van der Waals surface area contributed by atoms with E-state index in [1.807, 2.05) is 0 Å². The number of fused-ring (bicyclic) bond motifs is 5. The number of rotatable bonds is 8. The van der Waals surface area contributed by atoms with E-state index in [2.05, 4.69) is 277 Å². The Kier molecular flexibility index (Phi) is 9.10. The van der Waals surface area contributed by atoms with Crippen LogP contribution in [0.1, 0.15) is 22.3 Å². The van der Waals surface area contributed by atoms with Gasteiger partial charge in [-0.2, -0.15) is 0 Å². The van der Waals surface area contributed by atoms with E-state index in [-0.39, 0.29) is 0 Å². The van der Waals surface area contributed by atoms with Gasteiger partial charge in [-0.15, -0.1) is 0 Å². The molecule has 64 heavy (non-hydrogen) atoms. The Labute approximate surface area is 376 Å². The summed E-state index contributed by atoms with van der Waals surface area (Å²) in [7, 11) is -2.97. The van der Waals surface area contributed by atoms with Crippen molar-refractivity contribution in [1.29, 1.82) is 0 Å². The van der Waals surface area contributed by atoms with E-state index in [0.717, 1.165) is 22.7 Å². The first-order valence-electron chi connectivity index (χ1n) is 22.2. The Bertz CT molecular complexity index is 3190. The summed E-state index contributed by atoms with van der Waals surface area (Å²) in [5.74, 6) is 0. The van der Waals surface area contributed by atoms with Gasteiger partial charge in [-0.1, -0.05) is 206 Å². The summed E-state index contributed by atoms with van der Waals surface area (Å²) in [6, 6.07) is 99.2. The molecule has 0 spiro atoms. The number of para-hydroxylation sites is 3. The predicted molar refractivity (Wildman–Crippen MR) is 270 cm³/mol. The Morgan fingerprint density at radius 3 is 1.44 bits per heavy atom. The van der Waals surface area contributed by atoms with E-state index < -0.39 is 13.5 Å². The lowest BCUT2D eigenvalue weighted by Gasteiger charge is -2.45. The topological polar surface area (TPSA) is 6.48 Å². The maximum Gasteiger partial charge on any atom is 0.184 e. The fourth-order valence-electron chi connectivity index (χ4n) is 11.0. The van der Waals surface area contributed by atoms with Crippen LogP contribution in [0.25, 0.3) is 11.1 Å². The molecule has 0 amide bonds. The molecule has 302 valence electrons. The highest BCUT2D eigenvalue weighted by Gasteiger charge is 2.50. The van der Waals surface area contributed by atoms with Crippen LogP contribution in [0.5, 0.6) is 0 Å². The Balaban J connectivity index is 1.16. The van der Waals surface area contributed by atoms with E-state index in [9.17, 15) is 0 Å². The molecular weight excluding hydrogens is 789 g/mol. The summed E-state index contributed by atoms with van der Waals surface area (Å²) in [5.41, 5.74) is 14.0. The molecule has 0 radical (unpaired) electrons. The molecule has 0 unspecified atom stereocenters. The second kappa shape index (κ2) is 15.4. The van der Waals surface area contributed by atoms with Gasteiger partial charge in [-0.25, -0.2) is 0 Å². The third kappa shape index (κ3) is 5.64. The molecule has 1 aliphatic carbocycles. The lowest BCUT2D eigenvalue weighted by molar-refractivity contribution is 0.768. The van der Waals surface area contributed by atoms with Crippen molar-refractivity contribution in [1.82, 2.24) is 0 Å². The molecule has 0 fully saturated rings. The number of nitrogens with zero attached hydrogens (tertiary/aromatic N) is 2. The molecule has 2 aliphatic rings. The summed E-state index contributed by atoms with van der Waals surface area (Å²) in [6.45, 7) is 0. The van der Waals surface area contributed by atoms with E-state index in [1.165, 1.54) is 65.5 Å². The van der Waals surface area contributed by atoms with Gasteiger partial charge in [0.05, 0.1) is 5.41 Å². The average Bonchev–Trinajstić information content (AvgIpc) is 3.68. The fourth-order valence-corrected chi connectivity index (χ4v) is 16.2. The number of benzene rings is 10. The molecular formula is C61H44N2Si. The largest absolute Gasteiger partial charge is 0.311 e. The van der Waals surface area contributed by atoms with Crippen LogP contribution < -0.4 is 30.5 Å². The highest BCUT2D eigenvalue weighted by atomic mass is 28.3. The van der Waals surface area contributed by atoms with Crippen molar-refractivity contribution in [3.63, 3.8) is 0 Å². The highest BCUT2D eigenvalue weighted by molar-refractivity contribution is 7.21. The minimum atomic E-state index is -2.97. The molecule has 1 aliphatic heterocycles. The van der Waals surface area contributed by atoms with Gasteiger partial charge in [-0.3, -0.25) is 0 Å². The second-order valence-corrected chi connectivity index (χ2v) is 20.5. The van der Waals surface area contributed by atoms with E-state index in [4.69, 9.17) is 0 Å². The van der Waals surface area contributed by atoms with Crippen LogP contribution in [-0.4, -0.2) is 8.07 Å². The number of hydrogen-bond donors (Lipinski definition) is 0. The average molecular weight is 833 g/mol. The van der Waals surface area contributed by atoms with E-state index >= 15 is 0 Å². The number of hydrogen-bond acceptors (Lipinski definition) is 2. The zero-order valence-electron chi connectivity index (χ0n) is 35.3. The van der Waals surface area contributed by atoms with Gasteiger partial charge in [0, 0.05) is 34.1 Å². The molecule has 3 heteroatoms. The van der Waals surface area contributed by atoms with Gasteiger partial charge >= 0.3 is 0 Å². The van der Waals surface area contributed by atoms with Crippen LogP contribution in [0.4, 0.5) is 34.1 Å². The van der Waals surface area contributed by atoms with Gasteiger partial charge in [-0.05, 0) is 115 Å². The van der Waals surface area contributed by atoms with Gasteiger partial charge in [0.15, 0.2) is 8.07 Å². The lowest BCUT2D eigenvalue weighted by Crippen LogP contribution is -2.77. The standard InChI is InChI=1S/C61H44N2Si/c1-7-23-45(24-8-1)61(46-25-9-2-10-26-46)55-36-20-19-35-53(55)54-41-39-49(43-56(54)61)62(47-27-11-3-12-28-47)50-40-42-58-60(44-50)64(51-31-15-5-16-32-51,52-33-17-6-18-34-52)59-38-22-21-37-57(59)63(58)48-29-13-4-14-30-48/h1-44H. The summed E-state index contributed by atoms with van der Waals surface area (Å²) in [4.78, 5) is 4.96. The third-order valence-electron chi connectivity index (χ3n) is 13.6. The quantitative estimate of drug-likeness (QED) is 0.141. The monoisotopic (exact) mass is 832 g/mol. The Morgan fingerprint density at radius 2 is 0.797 bits per heavy atom. The van der Waals surface area contributed by atoms with Gasteiger partial charge in [0.1, 0.15) is 0 Å². The minimum Gasteiger partial charge on any atom is -0.311 e. The second-order valence-electron chi connectivity index (χ2n) is 16.8. The van der Waals surface area contributed by atoms with Crippen LogP contribution in [0.2, 0.25) is 0 Å². The van der Waals surface area contributed by atoms with Crippen molar-refractivity contribution in [3.8, 4) is 11.1 Å². The normalized spacial score (nSPS) is 13.8. The summed E-state index contributed by atoms with van der Waals surface area (Å²) < 4.78 is 0. The molecule has 0 aromatic heterocycles. The van der Waals surface area contributed by atoms with Crippen LogP contribution in [0, 0.1) is 0 Å². The van der Waals surface area contributed by atoms with Crippen molar-refractivity contribution in [2.24, 2.45) is 0 Å². The lowest BCUT2D eigenvalue weighted by atomic mass is 9.67. The molecule has 10 aromatic carbocycles. The minimum absolute atomic E-state index is 0.523. The van der Waals surface area contributed by atoms with Crippen molar-refractivity contribution in [2.75, 3.05) is 9.80 Å². The van der Waals surface area contributed by atoms with Crippen LogP contribution in [-0.2, 0) is 5.41 Å². The van der Waals surface area contributed by atoms with E-state index in [0.29, 0.717) is 0 Å². The maximum atomic E-state index is 2.53. The van der Waals surface area contributed by atoms with Crippen molar-refractivity contribution in [2.45, 2.75) is 5.41 Å². The summed E-state index contributed by atoms with van der Waals surface area (Å²) in [5, 5.41) is 5.44. The Hall–Kier alpha value is -7.98. The fraction of sp³-hybridized carbons (Fsp3) is 0.0164. The first-order valence-corrected chi connectivity index (χ1v) is 24.2. The van der Waals surface area contributed by atoms with Gasteiger partial charge in [0.2, 0.25) is 0 Å². The Morgan fingerprint density at radius 1 is 0.328 bits per heavy atom. The first kappa shape index (κ1) is 37.8. The molecule has 0 saturated carbocycles. The highest BCUT2D eigenvalue weighted by Crippen LogP contribution is 2.57. The smallest absolute Gasteiger partial charge is 0.184 e. The SMILES string of the molecule is c1ccc(N(c2ccc3c(c2)C(c2ccccc2)(c2ccccc2)c2ccccc2-3)c2ccc3c(c2)[Si](c2ccccc2)(c2ccccc2)c2ccccc2N3c2ccccc2)cc1. The van der Waals surface area contributed by atoms with Gasteiger partial charge < -0.3 is 9.80 Å². The molecule has 0 atom stereocenters. The van der Waals surface area contributed by atoms with Crippen LogP contribution >= 0.6 is 0 Å². The molecule has 1 heterocycles. The maximum absolute atomic E-state index is 2.97. The third-order valence-corrected chi connectivity index (χ3v) is 18.4. The van der Waals surface area contributed by atoms with E-state index in [1.54, 1.807) is 0 Å². The molecule has 0 saturated heterocycles. The zero-order chi connectivity index (χ0) is 42.5. The molecule has 10 aromatic rings. The van der Waals surface area contributed by atoms with Crippen molar-refractivity contribution >= 4 is 62.9 Å². The van der Waals surface area contributed by atoms with Crippen molar-refractivity contribution < 1.29 is 0 Å². The van der Waals surface area contributed by atoms with Crippen LogP contribution in [0.3, 0.4) is 0 Å². The zero-order valence-corrected chi connectivity index (χ0v) is 36.3. The van der Waals surface area contributed by atoms with Gasteiger partial charge in [0.25, 0.3) is 0 Å². The first-order chi connectivity index (χ1) is 31.8. The van der Waals surface area contributed by atoms with Crippen LogP contribution in [0.15, 0.2) is 267 Å². The molecule has 0 bridgehead atoms. The predicted octanol–water partition coefficient (Wildman–Crippen LogP) is 12.7.